The highest BCUT2D eigenvalue weighted by molar-refractivity contribution is 9.09. The summed E-state index contributed by atoms with van der Waals surface area (Å²) in [7, 11) is 0. The second-order valence-corrected chi connectivity index (χ2v) is 3.05. The van der Waals surface area contributed by atoms with Gasteiger partial charge in [0.2, 0.25) is 0 Å². The predicted octanol–water partition coefficient (Wildman–Crippen LogP) is 1.73. The smallest absolute Gasteiger partial charge is 0.316 e. The van der Waals surface area contributed by atoms with E-state index in [9.17, 15) is 4.79 Å². The van der Waals surface area contributed by atoms with Crippen LogP contribution in [0.3, 0.4) is 0 Å². The number of carbonyl (C=O) groups is 1. The second-order valence-electron chi connectivity index (χ2n) is 1.21. The van der Waals surface area contributed by atoms with Gasteiger partial charge in [-0.05, 0) is 0 Å². The van der Waals surface area contributed by atoms with Crippen molar-refractivity contribution in [1.82, 2.24) is 0 Å². The lowest BCUT2D eigenvalue weighted by Crippen LogP contribution is -2.10. The first-order chi connectivity index (χ1) is 4.16. The highest BCUT2D eigenvalue weighted by Gasteiger charge is 2.02. The molecule has 2 nitrogen and oxygen atoms in total. The largest absolute Gasteiger partial charge is 0.462 e. The molecule has 0 aromatic heterocycles. The fourth-order valence-electron chi connectivity index (χ4n) is 0.195. The molecule has 0 aromatic carbocycles. The summed E-state index contributed by atoms with van der Waals surface area (Å²) in [6.45, 7) is 0.0492. The molecule has 0 fully saturated rings. The van der Waals surface area contributed by atoms with Crippen LogP contribution < -0.4 is 0 Å². The molecule has 0 radical (unpaired) electrons. The summed E-state index contributed by atoms with van der Waals surface area (Å²) in [5.41, 5.74) is 0. The van der Waals surface area contributed by atoms with Gasteiger partial charge in [0.1, 0.15) is 16.8 Å². The van der Waals surface area contributed by atoms with E-state index in [4.69, 9.17) is 23.2 Å². The Morgan fingerprint density at radius 1 is 1.67 bits per heavy atom. The Kier molecular flexibility index (Phi) is 5.64. The number of ether oxygens (including phenoxy) is 1. The average Bonchev–Trinajstić information content (AvgIpc) is 1.83. The Bertz CT molecular complexity index is 96.6. The maximum Gasteiger partial charge on any atom is 0.316 e. The van der Waals surface area contributed by atoms with E-state index >= 15 is 0 Å². The van der Waals surface area contributed by atoms with Gasteiger partial charge in [0.25, 0.3) is 0 Å². The monoisotopic (exact) mass is 234 g/mol. The van der Waals surface area contributed by atoms with Gasteiger partial charge >= 0.3 is 5.97 Å². The molecule has 0 bridgehead atoms. The predicted molar refractivity (Wildman–Crippen MR) is 40.2 cm³/mol. The minimum Gasteiger partial charge on any atom is -0.462 e. The quantitative estimate of drug-likeness (QED) is 0.550. The van der Waals surface area contributed by atoms with Crippen LogP contribution in [0.25, 0.3) is 0 Å². The Morgan fingerprint density at radius 2 is 2.22 bits per heavy atom. The molecule has 0 heterocycles. The van der Waals surface area contributed by atoms with E-state index in [0.717, 1.165) is 0 Å². The molecule has 0 aliphatic heterocycles. The average molecular weight is 236 g/mol. The molecule has 0 rings (SSSR count). The van der Waals surface area contributed by atoms with Gasteiger partial charge in [0.15, 0.2) is 0 Å². The third kappa shape index (κ3) is 6.41. The van der Waals surface area contributed by atoms with Gasteiger partial charge in [0.05, 0.1) is 0 Å². The molecule has 0 aliphatic rings. The van der Waals surface area contributed by atoms with E-state index in [1.165, 1.54) is 0 Å². The standard InChI is InChI=1S/C4H5BrCl2O2/c5-1-4(8)9-2-3(6)7/h3H,1-2H2. The summed E-state index contributed by atoms with van der Waals surface area (Å²) in [4.78, 5) is 9.70. The van der Waals surface area contributed by atoms with Crippen molar-refractivity contribution in [2.75, 3.05) is 11.9 Å². The highest BCUT2D eigenvalue weighted by atomic mass is 79.9. The van der Waals surface area contributed by atoms with Crippen molar-refractivity contribution in [3.63, 3.8) is 0 Å². The van der Waals surface area contributed by atoms with E-state index in [2.05, 4.69) is 20.7 Å². The van der Waals surface area contributed by atoms with Crippen LogP contribution in [0.2, 0.25) is 0 Å². The molecular formula is C4H5BrCl2O2. The maximum atomic E-state index is 10.3. The van der Waals surface area contributed by atoms with Crippen LogP contribution in [0.5, 0.6) is 0 Å². The first-order valence-electron chi connectivity index (χ1n) is 2.16. The number of carbonyl (C=O) groups excluding carboxylic acids is 1. The topological polar surface area (TPSA) is 26.3 Å². The zero-order valence-electron chi connectivity index (χ0n) is 4.44. The van der Waals surface area contributed by atoms with E-state index in [1.807, 2.05) is 0 Å². The molecule has 0 saturated carbocycles. The molecule has 9 heavy (non-hydrogen) atoms. The van der Waals surface area contributed by atoms with Crippen molar-refractivity contribution in [3.8, 4) is 0 Å². The molecule has 0 aromatic rings. The third-order valence-corrected chi connectivity index (χ3v) is 1.19. The van der Waals surface area contributed by atoms with Gasteiger partial charge in [-0.25, -0.2) is 0 Å². The number of hydrogen-bond acceptors (Lipinski definition) is 2. The van der Waals surface area contributed by atoms with Gasteiger partial charge in [-0.3, -0.25) is 4.79 Å². The lowest BCUT2D eigenvalue weighted by atomic mass is 10.8. The molecule has 0 aliphatic carbocycles. The van der Waals surface area contributed by atoms with Gasteiger partial charge < -0.3 is 4.74 Å². The van der Waals surface area contributed by atoms with Gasteiger partial charge in [-0.2, -0.15) is 0 Å². The van der Waals surface area contributed by atoms with Crippen LogP contribution in [0.4, 0.5) is 0 Å². The molecule has 0 N–H and O–H groups in total. The molecule has 5 heteroatoms. The highest BCUT2D eigenvalue weighted by Crippen LogP contribution is 2.01. The van der Waals surface area contributed by atoms with E-state index in [0.29, 0.717) is 0 Å². The number of alkyl halides is 3. The second kappa shape index (κ2) is 5.33. The Balaban J connectivity index is 3.17. The molecule has 0 unspecified atom stereocenters. The molecule has 0 saturated heterocycles. The van der Waals surface area contributed by atoms with Crippen LogP contribution in [0.1, 0.15) is 0 Å². The van der Waals surface area contributed by atoms with Crippen LogP contribution in [0, 0.1) is 0 Å². The summed E-state index contributed by atoms with van der Waals surface area (Å²) < 4.78 is 4.50. The van der Waals surface area contributed by atoms with Crippen molar-refractivity contribution in [1.29, 1.82) is 0 Å². The first-order valence-corrected chi connectivity index (χ1v) is 4.16. The summed E-state index contributed by atoms with van der Waals surface area (Å²) in [6.07, 6.45) is 0. The SMILES string of the molecule is O=C(CBr)OCC(Cl)Cl. The maximum absolute atomic E-state index is 10.3. The number of halogens is 3. The lowest BCUT2D eigenvalue weighted by molar-refractivity contribution is -0.139. The lowest BCUT2D eigenvalue weighted by Gasteiger charge is -2.00. The third-order valence-electron chi connectivity index (χ3n) is 0.479. The van der Waals surface area contributed by atoms with Crippen molar-refractivity contribution in [2.45, 2.75) is 4.84 Å². The van der Waals surface area contributed by atoms with Crippen LogP contribution in [-0.4, -0.2) is 22.7 Å². The van der Waals surface area contributed by atoms with Crippen LogP contribution in [-0.2, 0) is 9.53 Å². The summed E-state index contributed by atoms with van der Waals surface area (Å²) in [5.74, 6) is -0.360. The summed E-state index contributed by atoms with van der Waals surface area (Å²) in [5, 5.41) is 0.174. The zero-order valence-corrected chi connectivity index (χ0v) is 7.54. The summed E-state index contributed by atoms with van der Waals surface area (Å²) in [6, 6.07) is 0. The zero-order chi connectivity index (χ0) is 7.28. The van der Waals surface area contributed by atoms with Crippen molar-refractivity contribution in [3.05, 3.63) is 0 Å². The fraction of sp³-hybridized carbons (Fsp3) is 0.750. The minimum absolute atomic E-state index is 0.0492. The van der Waals surface area contributed by atoms with E-state index in [-0.39, 0.29) is 17.9 Å². The summed E-state index contributed by atoms with van der Waals surface area (Å²) >= 11 is 13.4. The normalized spacial score (nSPS) is 9.78. The molecule has 0 atom stereocenters. The van der Waals surface area contributed by atoms with Crippen molar-refractivity contribution in [2.24, 2.45) is 0 Å². The molecule has 0 spiro atoms. The Labute approximate surface area is 71.6 Å². The van der Waals surface area contributed by atoms with Crippen molar-refractivity contribution >= 4 is 45.1 Å². The first kappa shape index (κ1) is 9.53. The molecule has 0 amide bonds. The fourth-order valence-corrected chi connectivity index (χ4v) is 0.482. The Hall–Kier alpha value is 0.530. The van der Waals surface area contributed by atoms with E-state index in [1.54, 1.807) is 0 Å². The number of esters is 1. The van der Waals surface area contributed by atoms with Gasteiger partial charge in [-0.1, -0.05) is 15.9 Å². The van der Waals surface area contributed by atoms with Gasteiger partial charge in [0, 0.05) is 0 Å². The van der Waals surface area contributed by atoms with E-state index < -0.39 is 4.84 Å². The number of rotatable bonds is 3. The Morgan fingerprint density at radius 3 is 2.56 bits per heavy atom. The van der Waals surface area contributed by atoms with Crippen LogP contribution >= 0.6 is 39.1 Å². The number of hydrogen-bond donors (Lipinski definition) is 0. The molecule has 54 valence electrons. The van der Waals surface area contributed by atoms with Crippen molar-refractivity contribution < 1.29 is 9.53 Å². The van der Waals surface area contributed by atoms with Crippen LogP contribution in [0.15, 0.2) is 0 Å². The minimum atomic E-state index is -0.631. The molecular weight excluding hydrogens is 231 g/mol. The van der Waals surface area contributed by atoms with Gasteiger partial charge in [-0.15, -0.1) is 23.2 Å².